The molecule has 1 saturated carbocycles. The largest absolute Gasteiger partial charge is 0.481 e. The van der Waals surface area contributed by atoms with Gasteiger partial charge in [-0.2, -0.15) is 0 Å². The monoisotopic (exact) mass is 411 g/mol. The van der Waals surface area contributed by atoms with E-state index in [2.05, 4.69) is 45.5 Å². The summed E-state index contributed by atoms with van der Waals surface area (Å²) in [4.78, 5) is 17.4. The SMILES string of the molecule is O=C(O)CCN1CCC(CNC2CC2c2ccccc2)(Cc2ccc(F)cn2)CC1. The molecule has 0 amide bonds. The summed E-state index contributed by atoms with van der Waals surface area (Å²) in [6, 6.07) is 14.4. The third kappa shape index (κ3) is 5.43. The van der Waals surface area contributed by atoms with Crippen LogP contribution >= 0.6 is 0 Å². The van der Waals surface area contributed by atoms with Crippen molar-refractivity contribution < 1.29 is 14.3 Å². The van der Waals surface area contributed by atoms with Gasteiger partial charge in [0.15, 0.2) is 0 Å². The van der Waals surface area contributed by atoms with Gasteiger partial charge in [0, 0.05) is 30.7 Å². The zero-order valence-electron chi connectivity index (χ0n) is 17.3. The lowest BCUT2D eigenvalue weighted by atomic mass is 9.74. The third-order valence-electron chi connectivity index (χ3n) is 6.66. The number of nitrogens with one attached hydrogen (secondary N) is 1. The van der Waals surface area contributed by atoms with Crippen molar-refractivity contribution in [1.82, 2.24) is 15.2 Å². The van der Waals surface area contributed by atoms with Gasteiger partial charge in [-0.25, -0.2) is 4.39 Å². The number of aliphatic carboxylic acids is 1. The molecule has 1 aromatic carbocycles. The minimum Gasteiger partial charge on any atom is -0.481 e. The van der Waals surface area contributed by atoms with E-state index in [0.29, 0.717) is 18.5 Å². The quantitative estimate of drug-likeness (QED) is 0.662. The number of pyridine rings is 1. The van der Waals surface area contributed by atoms with Crippen LogP contribution in [0.5, 0.6) is 0 Å². The van der Waals surface area contributed by atoms with Gasteiger partial charge in [0.1, 0.15) is 5.82 Å². The summed E-state index contributed by atoms with van der Waals surface area (Å²) in [7, 11) is 0. The van der Waals surface area contributed by atoms with Crippen molar-refractivity contribution in [3.63, 3.8) is 0 Å². The van der Waals surface area contributed by atoms with Gasteiger partial charge < -0.3 is 15.3 Å². The predicted octanol–water partition coefficient (Wildman–Crippen LogP) is 3.47. The maximum Gasteiger partial charge on any atom is 0.304 e. The highest BCUT2D eigenvalue weighted by Gasteiger charge is 2.41. The number of benzene rings is 1. The molecule has 30 heavy (non-hydrogen) atoms. The Morgan fingerprint density at radius 3 is 2.63 bits per heavy atom. The topological polar surface area (TPSA) is 65.5 Å². The van der Waals surface area contributed by atoms with Crippen molar-refractivity contribution in [2.75, 3.05) is 26.2 Å². The number of hydrogen-bond acceptors (Lipinski definition) is 4. The molecule has 2 unspecified atom stereocenters. The Morgan fingerprint density at radius 1 is 1.20 bits per heavy atom. The van der Waals surface area contributed by atoms with E-state index in [1.165, 1.54) is 24.2 Å². The summed E-state index contributed by atoms with van der Waals surface area (Å²) < 4.78 is 13.3. The van der Waals surface area contributed by atoms with Crippen molar-refractivity contribution >= 4 is 5.97 Å². The van der Waals surface area contributed by atoms with Crippen LogP contribution in [0.15, 0.2) is 48.7 Å². The van der Waals surface area contributed by atoms with Gasteiger partial charge in [0.25, 0.3) is 0 Å². The van der Waals surface area contributed by atoms with Crippen molar-refractivity contribution in [3.8, 4) is 0 Å². The second kappa shape index (κ2) is 9.23. The molecule has 2 aliphatic rings. The second-order valence-corrected chi connectivity index (χ2v) is 8.87. The molecule has 0 spiro atoms. The Labute approximate surface area is 177 Å². The Bertz CT molecular complexity index is 835. The Hall–Kier alpha value is -2.31. The second-order valence-electron chi connectivity index (χ2n) is 8.87. The van der Waals surface area contributed by atoms with Gasteiger partial charge >= 0.3 is 5.97 Å². The first-order valence-electron chi connectivity index (χ1n) is 10.9. The van der Waals surface area contributed by atoms with Crippen LogP contribution < -0.4 is 5.32 Å². The van der Waals surface area contributed by atoms with E-state index in [0.717, 1.165) is 44.6 Å². The molecule has 2 aromatic rings. The van der Waals surface area contributed by atoms with E-state index in [1.807, 2.05) is 0 Å². The molecular weight excluding hydrogens is 381 g/mol. The predicted molar refractivity (Wildman–Crippen MR) is 114 cm³/mol. The Kier molecular flexibility index (Phi) is 6.44. The lowest BCUT2D eigenvalue weighted by molar-refractivity contribution is -0.137. The van der Waals surface area contributed by atoms with Gasteiger partial charge in [-0.1, -0.05) is 30.3 Å². The number of carbonyl (C=O) groups is 1. The number of hydrogen-bond donors (Lipinski definition) is 2. The molecule has 2 fully saturated rings. The van der Waals surface area contributed by atoms with E-state index in [1.54, 1.807) is 6.07 Å². The van der Waals surface area contributed by atoms with E-state index in [9.17, 15) is 9.18 Å². The van der Waals surface area contributed by atoms with Crippen LogP contribution in [0.3, 0.4) is 0 Å². The van der Waals surface area contributed by atoms with Crippen LogP contribution in [0.1, 0.15) is 42.9 Å². The molecule has 5 nitrogen and oxygen atoms in total. The Balaban J connectivity index is 1.38. The van der Waals surface area contributed by atoms with Crippen molar-refractivity contribution in [3.05, 3.63) is 65.7 Å². The zero-order valence-corrected chi connectivity index (χ0v) is 17.3. The van der Waals surface area contributed by atoms with Crippen LogP contribution in [0, 0.1) is 11.2 Å². The summed E-state index contributed by atoms with van der Waals surface area (Å²) in [6.45, 7) is 3.30. The first kappa shape index (κ1) is 20.9. The highest BCUT2D eigenvalue weighted by Crippen LogP contribution is 2.42. The van der Waals surface area contributed by atoms with Gasteiger partial charge in [-0.3, -0.25) is 9.78 Å². The molecule has 4 rings (SSSR count). The van der Waals surface area contributed by atoms with Crippen LogP contribution in [-0.2, 0) is 11.2 Å². The molecule has 2 atom stereocenters. The number of carboxylic acids is 1. The molecule has 2 heterocycles. The molecule has 0 bridgehead atoms. The lowest BCUT2D eigenvalue weighted by Gasteiger charge is -2.42. The molecule has 160 valence electrons. The summed E-state index contributed by atoms with van der Waals surface area (Å²) >= 11 is 0. The first-order chi connectivity index (χ1) is 14.5. The standard InChI is InChI=1S/C24H30FN3O2/c25-19-6-7-20(26-16-19)15-24(9-12-28(13-10-24)11-8-23(29)30)17-27-22-14-21(22)18-4-2-1-3-5-18/h1-7,16,21-22,27H,8-15,17H2,(H,29,30). The molecule has 0 radical (unpaired) electrons. The summed E-state index contributed by atoms with van der Waals surface area (Å²) in [6.07, 6.45) is 5.44. The molecule has 1 saturated heterocycles. The number of likely N-dealkylation sites (tertiary alicyclic amines) is 1. The number of nitrogens with zero attached hydrogens (tertiary/aromatic N) is 2. The van der Waals surface area contributed by atoms with E-state index >= 15 is 0 Å². The lowest BCUT2D eigenvalue weighted by Crippen LogP contribution is -2.47. The minimum absolute atomic E-state index is 0.0639. The fourth-order valence-corrected chi connectivity index (χ4v) is 4.65. The number of rotatable bonds is 9. The average Bonchev–Trinajstić information content (AvgIpc) is 3.54. The molecule has 1 aliphatic heterocycles. The van der Waals surface area contributed by atoms with Gasteiger partial charge in [-0.05, 0) is 61.9 Å². The zero-order chi connectivity index (χ0) is 21.0. The molecule has 2 N–H and O–H groups in total. The maximum absolute atomic E-state index is 13.3. The van der Waals surface area contributed by atoms with E-state index < -0.39 is 5.97 Å². The van der Waals surface area contributed by atoms with Crippen molar-refractivity contribution in [2.24, 2.45) is 5.41 Å². The van der Waals surface area contributed by atoms with Crippen LogP contribution in [0.2, 0.25) is 0 Å². The van der Waals surface area contributed by atoms with Gasteiger partial charge in [0.2, 0.25) is 0 Å². The van der Waals surface area contributed by atoms with E-state index in [4.69, 9.17) is 5.11 Å². The molecule has 1 aliphatic carbocycles. The fraction of sp³-hybridized carbons (Fsp3) is 0.500. The highest BCUT2D eigenvalue weighted by atomic mass is 19.1. The highest BCUT2D eigenvalue weighted by molar-refractivity contribution is 5.66. The Morgan fingerprint density at radius 2 is 1.97 bits per heavy atom. The van der Waals surface area contributed by atoms with Crippen molar-refractivity contribution in [2.45, 2.75) is 44.1 Å². The summed E-state index contributed by atoms with van der Waals surface area (Å²) in [5, 5.41) is 12.8. The third-order valence-corrected chi connectivity index (χ3v) is 6.66. The van der Waals surface area contributed by atoms with Gasteiger partial charge in [0.05, 0.1) is 12.6 Å². The smallest absolute Gasteiger partial charge is 0.304 e. The fourth-order valence-electron chi connectivity index (χ4n) is 4.65. The molecular formula is C24H30FN3O2. The first-order valence-corrected chi connectivity index (χ1v) is 10.9. The maximum atomic E-state index is 13.3. The molecule has 1 aromatic heterocycles. The number of aromatic nitrogens is 1. The van der Waals surface area contributed by atoms with Crippen LogP contribution in [0.4, 0.5) is 4.39 Å². The summed E-state index contributed by atoms with van der Waals surface area (Å²) in [5.74, 6) is -0.467. The van der Waals surface area contributed by atoms with Crippen LogP contribution in [0.25, 0.3) is 0 Å². The van der Waals surface area contributed by atoms with Crippen LogP contribution in [-0.4, -0.2) is 53.2 Å². The summed E-state index contributed by atoms with van der Waals surface area (Å²) in [5.41, 5.74) is 2.38. The van der Waals surface area contributed by atoms with E-state index in [-0.39, 0.29) is 17.7 Å². The molecule has 6 heteroatoms. The average molecular weight is 412 g/mol. The normalized spacial score (nSPS) is 23.2. The van der Waals surface area contributed by atoms with Gasteiger partial charge in [-0.15, -0.1) is 0 Å². The number of halogens is 1. The number of carboxylic acid groups (broad SMARTS) is 1. The minimum atomic E-state index is -0.746. The van der Waals surface area contributed by atoms with Crippen molar-refractivity contribution in [1.29, 1.82) is 0 Å². The number of piperidine rings is 1.